The minimum atomic E-state index is -4.21. The van der Waals surface area contributed by atoms with Crippen LogP contribution in [0.25, 0.3) is 11.1 Å². The summed E-state index contributed by atoms with van der Waals surface area (Å²) < 4.78 is 39.1. The number of hydrogen-bond donors (Lipinski definition) is 1. The Morgan fingerprint density at radius 3 is 2.42 bits per heavy atom. The third kappa shape index (κ3) is 2.50. The molecule has 0 saturated heterocycles. The second-order valence-corrected chi connectivity index (χ2v) is 6.93. The van der Waals surface area contributed by atoms with Crippen molar-refractivity contribution in [1.29, 1.82) is 0 Å². The predicted octanol–water partition coefficient (Wildman–Crippen LogP) is 2.28. The Morgan fingerprint density at radius 2 is 1.95 bits per heavy atom. The maximum atomic E-state index is 11.1. The molecule has 0 aliphatic rings. The lowest BCUT2D eigenvalue weighted by Gasteiger charge is -2.09. The molecule has 1 N–H and O–H groups in total. The molecule has 5 nitrogen and oxygen atoms in total. The van der Waals surface area contributed by atoms with E-state index in [0.29, 0.717) is 5.58 Å². The third-order valence-corrected chi connectivity index (χ3v) is 3.78. The largest absolute Gasteiger partial charge is 0.401 e. The van der Waals surface area contributed by atoms with Gasteiger partial charge in [-0.3, -0.25) is 4.55 Å². The molecule has 0 spiro atoms. The van der Waals surface area contributed by atoms with Crippen LogP contribution in [0.5, 0.6) is 0 Å². The molecule has 0 unspecified atom stereocenters. The molecule has 0 radical (unpaired) electrons. The number of benzene rings is 1. The standard InChI is InChI=1S/C13H17NO4S/c1-5-14-10-7-6-9(19(15,16)17)8-11(10)18-12(14)13(2,3)4/h6-8H,5H2,1-4H3/p+1. The number of rotatable bonds is 2. The van der Waals surface area contributed by atoms with Crippen LogP contribution in [-0.2, 0) is 22.1 Å². The summed E-state index contributed by atoms with van der Waals surface area (Å²) in [6.07, 6.45) is 0. The summed E-state index contributed by atoms with van der Waals surface area (Å²) in [5, 5.41) is 0. The molecule has 6 heteroatoms. The van der Waals surface area contributed by atoms with Crippen LogP contribution in [0.3, 0.4) is 0 Å². The molecule has 1 heterocycles. The fourth-order valence-corrected chi connectivity index (χ4v) is 2.60. The van der Waals surface area contributed by atoms with Crippen molar-refractivity contribution in [2.45, 2.75) is 44.6 Å². The molecule has 0 fully saturated rings. The molecule has 1 aromatic heterocycles. The van der Waals surface area contributed by atoms with Crippen LogP contribution in [0, 0.1) is 0 Å². The van der Waals surface area contributed by atoms with E-state index in [-0.39, 0.29) is 10.3 Å². The fourth-order valence-electron chi connectivity index (χ4n) is 2.10. The Morgan fingerprint density at radius 1 is 1.32 bits per heavy atom. The molecular weight excluding hydrogens is 266 g/mol. The van der Waals surface area contributed by atoms with Crippen molar-refractivity contribution < 1.29 is 22.0 Å². The zero-order chi connectivity index (χ0) is 14.4. The number of aryl methyl sites for hydroxylation is 1. The van der Waals surface area contributed by atoms with Gasteiger partial charge in [0, 0.05) is 12.1 Å². The highest BCUT2D eigenvalue weighted by Gasteiger charge is 2.32. The normalized spacial score (nSPS) is 13.1. The lowest BCUT2D eigenvalue weighted by Crippen LogP contribution is -2.40. The zero-order valence-corrected chi connectivity index (χ0v) is 12.3. The van der Waals surface area contributed by atoms with E-state index in [0.717, 1.165) is 18.0 Å². The van der Waals surface area contributed by atoms with Gasteiger partial charge in [-0.15, -0.1) is 0 Å². The molecule has 2 aromatic rings. The molecule has 0 bridgehead atoms. The van der Waals surface area contributed by atoms with Gasteiger partial charge in [0.05, 0.1) is 10.3 Å². The van der Waals surface area contributed by atoms with Gasteiger partial charge in [0.25, 0.3) is 15.6 Å². The molecule has 2 rings (SSSR count). The van der Waals surface area contributed by atoms with Crippen LogP contribution >= 0.6 is 0 Å². The molecule has 104 valence electrons. The topological polar surface area (TPSA) is 71.4 Å². The molecule has 19 heavy (non-hydrogen) atoms. The Hall–Kier alpha value is -1.40. The number of oxazole rings is 1. The smallest absolute Gasteiger partial charge is 0.353 e. The van der Waals surface area contributed by atoms with E-state index in [1.165, 1.54) is 12.1 Å². The Balaban J connectivity index is 2.77. The van der Waals surface area contributed by atoms with Crippen molar-refractivity contribution in [3.8, 4) is 0 Å². The van der Waals surface area contributed by atoms with Crippen LogP contribution < -0.4 is 4.57 Å². The maximum absolute atomic E-state index is 11.1. The summed E-state index contributed by atoms with van der Waals surface area (Å²) in [5.41, 5.74) is 1.09. The minimum absolute atomic E-state index is 0.155. The van der Waals surface area contributed by atoms with Crippen molar-refractivity contribution >= 4 is 21.2 Å². The van der Waals surface area contributed by atoms with E-state index in [1.54, 1.807) is 6.07 Å². The van der Waals surface area contributed by atoms with Gasteiger partial charge in [0.2, 0.25) is 5.58 Å². The quantitative estimate of drug-likeness (QED) is 0.678. The van der Waals surface area contributed by atoms with Gasteiger partial charge in [0.15, 0.2) is 0 Å². The number of hydrogen-bond acceptors (Lipinski definition) is 3. The van der Waals surface area contributed by atoms with E-state index in [1.807, 2.05) is 32.3 Å². The number of nitrogens with zero attached hydrogens (tertiary/aromatic N) is 1. The average molecular weight is 284 g/mol. The molecule has 0 aliphatic heterocycles. The summed E-state index contributed by atoms with van der Waals surface area (Å²) in [6, 6.07) is 4.39. The molecule has 1 aromatic carbocycles. The Kier molecular flexibility index (Phi) is 3.18. The van der Waals surface area contributed by atoms with E-state index in [4.69, 9.17) is 8.97 Å². The molecule has 0 aliphatic carbocycles. The van der Waals surface area contributed by atoms with Gasteiger partial charge in [-0.2, -0.15) is 13.0 Å². The van der Waals surface area contributed by atoms with E-state index in [9.17, 15) is 8.42 Å². The SMILES string of the molecule is CC[n+]1c(C(C)(C)C)oc2cc(S(=O)(=O)O)ccc21. The number of fused-ring (bicyclic) bond motifs is 1. The van der Waals surface area contributed by atoms with Crippen molar-refractivity contribution in [3.63, 3.8) is 0 Å². The second-order valence-electron chi connectivity index (χ2n) is 5.51. The van der Waals surface area contributed by atoms with Gasteiger partial charge < -0.3 is 4.42 Å². The van der Waals surface area contributed by atoms with Crippen molar-refractivity contribution in [2.24, 2.45) is 0 Å². The Labute approximate surface area is 112 Å². The highest BCUT2D eigenvalue weighted by molar-refractivity contribution is 7.85. The van der Waals surface area contributed by atoms with Gasteiger partial charge in [0.1, 0.15) is 6.54 Å². The van der Waals surface area contributed by atoms with Gasteiger partial charge >= 0.3 is 5.89 Å². The first-order chi connectivity index (χ1) is 8.64. The van der Waals surface area contributed by atoms with Crippen molar-refractivity contribution in [2.75, 3.05) is 0 Å². The monoisotopic (exact) mass is 284 g/mol. The van der Waals surface area contributed by atoms with Crippen molar-refractivity contribution in [3.05, 3.63) is 24.1 Å². The molecule has 0 saturated carbocycles. The average Bonchev–Trinajstić information content (AvgIpc) is 2.64. The van der Waals surface area contributed by atoms with Gasteiger partial charge in [-0.1, -0.05) is 0 Å². The first-order valence-electron chi connectivity index (χ1n) is 6.09. The maximum Gasteiger partial charge on any atom is 0.353 e. The zero-order valence-electron chi connectivity index (χ0n) is 11.5. The first-order valence-corrected chi connectivity index (χ1v) is 7.53. The fraction of sp³-hybridized carbons (Fsp3) is 0.462. The predicted molar refractivity (Wildman–Crippen MR) is 70.6 cm³/mol. The van der Waals surface area contributed by atoms with Crippen LogP contribution in [0.2, 0.25) is 0 Å². The molecule has 0 amide bonds. The third-order valence-electron chi connectivity index (χ3n) is 2.93. The van der Waals surface area contributed by atoms with E-state index < -0.39 is 10.1 Å². The van der Waals surface area contributed by atoms with Crippen LogP contribution in [-0.4, -0.2) is 13.0 Å². The van der Waals surface area contributed by atoms with Gasteiger partial charge in [-0.25, -0.2) is 0 Å². The van der Waals surface area contributed by atoms with Gasteiger partial charge in [-0.05, 0) is 33.8 Å². The van der Waals surface area contributed by atoms with Crippen LogP contribution in [0.4, 0.5) is 0 Å². The van der Waals surface area contributed by atoms with Crippen LogP contribution in [0.15, 0.2) is 27.5 Å². The highest BCUT2D eigenvalue weighted by atomic mass is 32.2. The van der Waals surface area contributed by atoms with E-state index in [2.05, 4.69) is 0 Å². The highest BCUT2D eigenvalue weighted by Crippen LogP contribution is 2.26. The molecule has 0 atom stereocenters. The lowest BCUT2D eigenvalue weighted by molar-refractivity contribution is -0.684. The van der Waals surface area contributed by atoms with E-state index >= 15 is 0 Å². The van der Waals surface area contributed by atoms with Crippen LogP contribution in [0.1, 0.15) is 33.6 Å². The summed E-state index contributed by atoms with van der Waals surface area (Å²) >= 11 is 0. The molecular formula is C13H18NO4S+. The number of aromatic nitrogens is 1. The summed E-state index contributed by atoms with van der Waals surface area (Å²) in [5.74, 6) is 0.775. The second kappa shape index (κ2) is 4.31. The Bertz CT molecular complexity index is 723. The summed E-state index contributed by atoms with van der Waals surface area (Å²) in [7, 11) is -4.21. The minimum Gasteiger partial charge on any atom is -0.401 e. The lowest BCUT2D eigenvalue weighted by atomic mass is 9.96. The van der Waals surface area contributed by atoms with Crippen molar-refractivity contribution in [1.82, 2.24) is 0 Å². The first kappa shape index (κ1) is 14.0. The summed E-state index contributed by atoms with van der Waals surface area (Å²) in [6.45, 7) is 8.81. The summed E-state index contributed by atoms with van der Waals surface area (Å²) in [4.78, 5) is -0.155.